The van der Waals surface area contributed by atoms with E-state index in [2.05, 4.69) is 43.1 Å². The van der Waals surface area contributed by atoms with Crippen LogP contribution in [-0.2, 0) is 11.3 Å². The smallest absolute Gasteiger partial charge is 0.0635 e. The van der Waals surface area contributed by atoms with Gasteiger partial charge >= 0.3 is 0 Å². The Labute approximate surface area is 128 Å². The Balaban J connectivity index is 1.68. The molecule has 1 aliphatic carbocycles. The monoisotopic (exact) mass is 288 g/mol. The molecule has 3 rings (SSSR count). The molecule has 116 valence electrons. The van der Waals surface area contributed by atoms with E-state index in [4.69, 9.17) is 4.74 Å². The first-order valence-corrected chi connectivity index (χ1v) is 8.25. The van der Waals surface area contributed by atoms with Gasteiger partial charge in [0, 0.05) is 31.7 Å². The first-order valence-electron chi connectivity index (χ1n) is 8.25. The van der Waals surface area contributed by atoms with E-state index in [0.29, 0.717) is 6.04 Å². The molecule has 1 saturated heterocycles. The van der Waals surface area contributed by atoms with Gasteiger partial charge in [-0.3, -0.25) is 4.90 Å². The van der Waals surface area contributed by atoms with Crippen molar-refractivity contribution in [3.8, 4) is 0 Å². The maximum absolute atomic E-state index is 5.70. The van der Waals surface area contributed by atoms with Crippen LogP contribution in [-0.4, -0.2) is 43.3 Å². The lowest BCUT2D eigenvalue weighted by Gasteiger charge is -2.36. The Morgan fingerprint density at radius 2 is 1.90 bits per heavy atom. The lowest BCUT2D eigenvalue weighted by molar-refractivity contribution is -0.0112. The highest BCUT2D eigenvalue weighted by molar-refractivity contribution is 5.37. The zero-order valence-corrected chi connectivity index (χ0v) is 13.6. The number of morpholine rings is 1. The largest absolute Gasteiger partial charge is 0.378 e. The van der Waals surface area contributed by atoms with Gasteiger partial charge < -0.3 is 10.1 Å². The fraction of sp³-hybridized carbons (Fsp3) is 0.667. The first-order chi connectivity index (χ1) is 10.1. The number of hydrogen-bond donors (Lipinski definition) is 1. The summed E-state index contributed by atoms with van der Waals surface area (Å²) < 4.78 is 5.70. The number of aryl methyl sites for hydroxylation is 3. The molecule has 1 aromatic carbocycles. The number of ether oxygens (including phenoxy) is 1. The summed E-state index contributed by atoms with van der Waals surface area (Å²) in [5.74, 6) is 0. The number of hydrogen-bond acceptors (Lipinski definition) is 3. The molecule has 1 unspecified atom stereocenters. The fourth-order valence-electron chi connectivity index (χ4n) is 3.34. The molecule has 0 amide bonds. The van der Waals surface area contributed by atoms with Crippen LogP contribution in [0.4, 0.5) is 0 Å². The number of benzene rings is 1. The maximum atomic E-state index is 5.70. The summed E-state index contributed by atoms with van der Waals surface area (Å²) in [6, 6.07) is 5.90. The minimum Gasteiger partial charge on any atom is -0.378 e. The van der Waals surface area contributed by atoms with Gasteiger partial charge in [-0.15, -0.1) is 0 Å². The Morgan fingerprint density at radius 1 is 1.19 bits per heavy atom. The standard InChI is InChI=1S/C18H28N2O/c1-13-8-14(2)18(15(3)9-13)11-20-6-7-21-12-17(20)10-19-16-4-5-16/h8-9,16-17,19H,4-7,10-12H2,1-3H3. The molecule has 1 N–H and O–H groups in total. The van der Waals surface area contributed by atoms with Gasteiger partial charge in [0.15, 0.2) is 0 Å². The van der Waals surface area contributed by atoms with Gasteiger partial charge in [0.1, 0.15) is 0 Å². The highest BCUT2D eigenvalue weighted by atomic mass is 16.5. The average molecular weight is 288 g/mol. The van der Waals surface area contributed by atoms with Crippen LogP contribution in [0.2, 0.25) is 0 Å². The van der Waals surface area contributed by atoms with Crippen molar-refractivity contribution in [1.82, 2.24) is 10.2 Å². The maximum Gasteiger partial charge on any atom is 0.0635 e. The summed E-state index contributed by atoms with van der Waals surface area (Å²) in [5, 5.41) is 3.66. The van der Waals surface area contributed by atoms with Crippen LogP contribution >= 0.6 is 0 Å². The van der Waals surface area contributed by atoms with E-state index in [1.165, 1.54) is 35.1 Å². The third-order valence-corrected chi connectivity index (χ3v) is 4.77. The summed E-state index contributed by atoms with van der Waals surface area (Å²) in [5.41, 5.74) is 5.71. The van der Waals surface area contributed by atoms with Gasteiger partial charge in [-0.1, -0.05) is 17.7 Å². The number of rotatable bonds is 5. The van der Waals surface area contributed by atoms with E-state index < -0.39 is 0 Å². The Hall–Kier alpha value is -0.900. The Kier molecular flexibility index (Phi) is 4.63. The van der Waals surface area contributed by atoms with E-state index in [1.807, 2.05) is 0 Å². The van der Waals surface area contributed by atoms with Gasteiger partial charge in [0.05, 0.1) is 13.2 Å². The SMILES string of the molecule is Cc1cc(C)c(CN2CCOCC2CNC2CC2)c(C)c1. The summed E-state index contributed by atoms with van der Waals surface area (Å²) in [6.07, 6.45) is 2.70. The van der Waals surface area contributed by atoms with Crippen molar-refractivity contribution >= 4 is 0 Å². The van der Waals surface area contributed by atoms with Gasteiger partial charge in [-0.05, 0) is 50.3 Å². The molecule has 1 heterocycles. The minimum atomic E-state index is 0.513. The summed E-state index contributed by atoms with van der Waals surface area (Å²) in [6.45, 7) is 11.6. The van der Waals surface area contributed by atoms with Crippen molar-refractivity contribution in [3.05, 3.63) is 34.4 Å². The molecule has 1 aromatic rings. The summed E-state index contributed by atoms with van der Waals surface area (Å²) >= 11 is 0. The summed E-state index contributed by atoms with van der Waals surface area (Å²) in [4.78, 5) is 2.60. The molecule has 1 aliphatic heterocycles. The molecule has 2 aliphatic rings. The third kappa shape index (κ3) is 3.85. The topological polar surface area (TPSA) is 24.5 Å². The van der Waals surface area contributed by atoms with Gasteiger partial charge in [0.25, 0.3) is 0 Å². The average Bonchev–Trinajstić information content (AvgIpc) is 3.25. The van der Waals surface area contributed by atoms with Crippen molar-refractivity contribution in [2.45, 2.75) is 52.2 Å². The highest BCUT2D eigenvalue weighted by Crippen LogP contribution is 2.22. The molecule has 2 fully saturated rings. The molecule has 1 atom stereocenters. The van der Waals surface area contributed by atoms with Crippen LogP contribution in [0.25, 0.3) is 0 Å². The lowest BCUT2D eigenvalue weighted by atomic mass is 9.98. The van der Waals surface area contributed by atoms with E-state index in [-0.39, 0.29) is 0 Å². The molecule has 0 aromatic heterocycles. The quantitative estimate of drug-likeness (QED) is 0.901. The molecular formula is C18H28N2O. The van der Waals surface area contributed by atoms with E-state index in [0.717, 1.165) is 38.9 Å². The molecule has 3 heteroatoms. The second-order valence-electron chi connectivity index (χ2n) is 6.76. The van der Waals surface area contributed by atoms with Crippen LogP contribution in [0, 0.1) is 20.8 Å². The van der Waals surface area contributed by atoms with E-state index >= 15 is 0 Å². The Morgan fingerprint density at radius 3 is 2.57 bits per heavy atom. The van der Waals surface area contributed by atoms with Gasteiger partial charge in [-0.25, -0.2) is 0 Å². The van der Waals surface area contributed by atoms with Crippen molar-refractivity contribution < 1.29 is 4.74 Å². The summed E-state index contributed by atoms with van der Waals surface area (Å²) in [7, 11) is 0. The zero-order chi connectivity index (χ0) is 14.8. The van der Waals surface area contributed by atoms with Crippen molar-refractivity contribution in [2.75, 3.05) is 26.3 Å². The first kappa shape index (κ1) is 15.0. The highest BCUT2D eigenvalue weighted by Gasteiger charge is 2.27. The van der Waals surface area contributed by atoms with Crippen molar-refractivity contribution in [3.63, 3.8) is 0 Å². The number of nitrogens with zero attached hydrogens (tertiary/aromatic N) is 1. The zero-order valence-electron chi connectivity index (χ0n) is 13.6. The van der Waals surface area contributed by atoms with E-state index in [9.17, 15) is 0 Å². The Bertz CT molecular complexity index is 473. The molecule has 0 radical (unpaired) electrons. The molecule has 0 bridgehead atoms. The molecule has 1 saturated carbocycles. The fourth-order valence-corrected chi connectivity index (χ4v) is 3.34. The normalized spacial score (nSPS) is 23.5. The van der Waals surface area contributed by atoms with Crippen molar-refractivity contribution in [1.29, 1.82) is 0 Å². The third-order valence-electron chi connectivity index (χ3n) is 4.77. The second-order valence-corrected chi connectivity index (χ2v) is 6.76. The second kappa shape index (κ2) is 6.47. The predicted molar refractivity (Wildman–Crippen MR) is 86.7 cm³/mol. The van der Waals surface area contributed by atoms with Gasteiger partial charge in [-0.2, -0.15) is 0 Å². The predicted octanol–water partition coefficient (Wildman–Crippen LogP) is 2.56. The van der Waals surface area contributed by atoms with Crippen LogP contribution < -0.4 is 5.32 Å². The molecule has 21 heavy (non-hydrogen) atoms. The van der Waals surface area contributed by atoms with Gasteiger partial charge in [0.2, 0.25) is 0 Å². The minimum absolute atomic E-state index is 0.513. The van der Waals surface area contributed by atoms with Crippen molar-refractivity contribution in [2.24, 2.45) is 0 Å². The molecule has 0 spiro atoms. The van der Waals surface area contributed by atoms with Crippen LogP contribution in [0.3, 0.4) is 0 Å². The molecular weight excluding hydrogens is 260 g/mol. The van der Waals surface area contributed by atoms with E-state index in [1.54, 1.807) is 0 Å². The molecule has 3 nitrogen and oxygen atoms in total. The van der Waals surface area contributed by atoms with Crippen LogP contribution in [0.15, 0.2) is 12.1 Å². The lowest BCUT2D eigenvalue weighted by Crippen LogP contribution is -2.50. The van der Waals surface area contributed by atoms with Crippen LogP contribution in [0.5, 0.6) is 0 Å². The number of nitrogens with one attached hydrogen (secondary N) is 1. The van der Waals surface area contributed by atoms with Crippen LogP contribution in [0.1, 0.15) is 35.1 Å².